The van der Waals surface area contributed by atoms with E-state index in [-0.39, 0.29) is 6.54 Å². The maximum atomic E-state index is 12.5. The Bertz CT molecular complexity index is 1130. The summed E-state index contributed by atoms with van der Waals surface area (Å²) in [7, 11) is 4.41. The summed E-state index contributed by atoms with van der Waals surface area (Å²) in [5, 5.41) is 3.09. The minimum Gasteiger partial charge on any atom is -0.493 e. The van der Waals surface area contributed by atoms with E-state index in [9.17, 15) is 14.4 Å². The number of benzene rings is 2. The van der Waals surface area contributed by atoms with Gasteiger partial charge in [0.2, 0.25) is 5.91 Å². The van der Waals surface area contributed by atoms with Crippen molar-refractivity contribution in [3.8, 4) is 11.5 Å². The molecule has 0 fully saturated rings. The van der Waals surface area contributed by atoms with Gasteiger partial charge >= 0.3 is 5.69 Å². The Labute approximate surface area is 154 Å². The van der Waals surface area contributed by atoms with Gasteiger partial charge in [-0.25, -0.2) is 4.79 Å². The number of carbonyl (C=O) groups excluding carboxylic acids is 1. The van der Waals surface area contributed by atoms with Crippen molar-refractivity contribution in [3.63, 3.8) is 0 Å². The van der Waals surface area contributed by atoms with Crippen LogP contribution in [0.3, 0.4) is 0 Å². The van der Waals surface area contributed by atoms with E-state index < -0.39 is 17.2 Å². The maximum Gasteiger partial charge on any atom is 0.331 e. The molecule has 3 aromatic rings. The monoisotopic (exact) mass is 369 g/mol. The Morgan fingerprint density at radius 1 is 1.04 bits per heavy atom. The molecule has 0 bridgehead atoms. The number of methoxy groups -OCH3 is 2. The molecule has 3 rings (SSSR count). The van der Waals surface area contributed by atoms with E-state index in [0.717, 1.165) is 4.57 Å². The lowest BCUT2D eigenvalue weighted by atomic mass is 10.2. The largest absolute Gasteiger partial charge is 0.493 e. The molecule has 140 valence electrons. The topological polar surface area (TPSA) is 91.6 Å². The molecular weight excluding hydrogens is 350 g/mol. The fraction of sp³-hybridized carbons (Fsp3) is 0.211. The molecule has 8 nitrogen and oxygen atoms in total. The summed E-state index contributed by atoms with van der Waals surface area (Å²) in [6.07, 6.45) is 0. The third kappa shape index (κ3) is 3.41. The van der Waals surface area contributed by atoms with Crippen LogP contribution in [0.4, 0.5) is 5.69 Å². The fourth-order valence-electron chi connectivity index (χ4n) is 2.85. The molecule has 8 heteroatoms. The summed E-state index contributed by atoms with van der Waals surface area (Å²) in [6.45, 7) is -0.234. The number of hydrogen-bond donors (Lipinski definition) is 1. The third-order valence-electron chi connectivity index (χ3n) is 4.22. The first-order chi connectivity index (χ1) is 13.0. The molecule has 0 unspecified atom stereocenters. The highest BCUT2D eigenvalue weighted by Gasteiger charge is 2.14. The van der Waals surface area contributed by atoms with Crippen LogP contribution >= 0.6 is 0 Å². The average molecular weight is 369 g/mol. The predicted octanol–water partition coefficient (Wildman–Crippen LogP) is 1.36. The van der Waals surface area contributed by atoms with Crippen LogP contribution in [-0.4, -0.2) is 29.3 Å². The van der Waals surface area contributed by atoms with Crippen molar-refractivity contribution in [1.82, 2.24) is 9.13 Å². The van der Waals surface area contributed by atoms with Crippen molar-refractivity contribution in [1.29, 1.82) is 0 Å². The lowest BCUT2D eigenvalue weighted by Crippen LogP contribution is -2.40. The zero-order chi connectivity index (χ0) is 19.6. The van der Waals surface area contributed by atoms with Crippen molar-refractivity contribution in [2.75, 3.05) is 19.5 Å². The van der Waals surface area contributed by atoms with E-state index in [1.807, 2.05) is 0 Å². The number of amides is 1. The molecule has 0 spiro atoms. The minimum absolute atomic E-state index is 0.234. The highest BCUT2D eigenvalue weighted by molar-refractivity contribution is 5.92. The number of aromatic nitrogens is 2. The van der Waals surface area contributed by atoms with Crippen LogP contribution in [0.2, 0.25) is 0 Å². The summed E-state index contributed by atoms with van der Waals surface area (Å²) in [5.41, 5.74) is -0.0406. The summed E-state index contributed by atoms with van der Waals surface area (Å²) in [5.74, 6) is 0.601. The van der Waals surface area contributed by atoms with E-state index in [4.69, 9.17) is 9.47 Å². The molecule has 0 atom stereocenters. The summed E-state index contributed by atoms with van der Waals surface area (Å²) in [6, 6.07) is 11.6. The van der Waals surface area contributed by atoms with Gasteiger partial charge in [0.1, 0.15) is 6.54 Å². The highest BCUT2D eigenvalue weighted by Crippen LogP contribution is 2.29. The Morgan fingerprint density at radius 3 is 2.44 bits per heavy atom. The zero-order valence-electron chi connectivity index (χ0n) is 15.2. The molecule has 0 radical (unpaired) electrons. The number of carbonyl (C=O) groups is 1. The van der Waals surface area contributed by atoms with E-state index in [2.05, 4.69) is 5.32 Å². The van der Waals surface area contributed by atoms with Crippen molar-refractivity contribution >= 4 is 22.5 Å². The molecule has 27 heavy (non-hydrogen) atoms. The van der Waals surface area contributed by atoms with Gasteiger partial charge in [0.05, 0.1) is 25.1 Å². The molecule has 0 aliphatic carbocycles. The molecular formula is C19H19N3O5. The second kappa shape index (κ2) is 7.36. The molecule has 1 aromatic heterocycles. The lowest BCUT2D eigenvalue weighted by molar-refractivity contribution is -0.116. The van der Waals surface area contributed by atoms with E-state index >= 15 is 0 Å². The van der Waals surface area contributed by atoms with Crippen LogP contribution in [-0.2, 0) is 18.4 Å². The molecule has 2 aromatic carbocycles. The number of hydrogen-bond acceptors (Lipinski definition) is 5. The van der Waals surface area contributed by atoms with Gasteiger partial charge in [-0.2, -0.15) is 0 Å². The Balaban J connectivity index is 1.93. The summed E-state index contributed by atoms with van der Waals surface area (Å²) in [4.78, 5) is 37.2. The molecule has 1 amide bonds. The van der Waals surface area contributed by atoms with Gasteiger partial charge in [-0.1, -0.05) is 12.1 Å². The Kier molecular flexibility index (Phi) is 4.98. The summed E-state index contributed by atoms with van der Waals surface area (Å²) < 4.78 is 12.6. The molecule has 0 saturated carbocycles. The van der Waals surface area contributed by atoms with Crippen molar-refractivity contribution in [2.24, 2.45) is 7.05 Å². The first-order valence-electron chi connectivity index (χ1n) is 8.16. The molecule has 0 saturated heterocycles. The van der Waals surface area contributed by atoms with Crippen molar-refractivity contribution < 1.29 is 14.3 Å². The second-order valence-corrected chi connectivity index (χ2v) is 5.87. The van der Waals surface area contributed by atoms with Crippen LogP contribution in [0.5, 0.6) is 11.5 Å². The third-order valence-corrected chi connectivity index (χ3v) is 4.22. The summed E-state index contributed by atoms with van der Waals surface area (Å²) >= 11 is 0. The zero-order valence-corrected chi connectivity index (χ0v) is 15.2. The van der Waals surface area contributed by atoms with Gasteiger partial charge in [-0.15, -0.1) is 0 Å². The fourth-order valence-corrected chi connectivity index (χ4v) is 2.85. The molecule has 0 aliphatic rings. The minimum atomic E-state index is -0.554. The smallest absolute Gasteiger partial charge is 0.331 e. The van der Waals surface area contributed by atoms with Crippen LogP contribution < -0.4 is 26.0 Å². The van der Waals surface area contributed by atoms with E-state index in [0.29, 0.717) is 28.1 Å². The van der Waals surface area contributed by atoms with Crippen LogP contribution in [0.1, 0.15) is 0 Å². The number of anilines is 1. The number of nitrogens with zero attached hydrogens (tertiary/aromatic N) is 2. The van der Waals surface area contributed by atoms with Crippen molar-refractivity contribution in [3.05, 3.63) is 63.3 Å². The van der Waals surface area contributed by atoms with Gasteiger partial charge in [0.15, 0.2) is 11.5 Å². The van der Waals surface area contributed by atoms with E-state index in [1.165, 1.54) is 25.8 Å². The standard InChI is InChI=1S/C19H19N3O5/c1-21-18(24)13-6-4-5-7-14(13)22(19(21)25)11-17(23)20-12-8-9-15(26-2)16(10-12)27-3/h4-10H,11H2,1-3H3,(H,20,23). The molecule has 0 aliphatic heterocycles. The lowest BCUT2D eigenvalue weighted by Gasteiger charge is -2.13. The average Bonchev–Trinajstić information content (AvgIpc) is 2.69. The Morgan fingerprint density at radius 2 is 1.74 bits per heavy atom. The van der Waals surface area contributed by atoms with Gasteiger partial charge < -0.3 is 14.8 Å². The van der Waals surface area contributed by atoms with Gasteiger partial charge in [0.25, 0.3) is 5.56 Å². The number of para-hydroxylation sites is 1. The number of rotatable bonds is 5. The van der Waals surface area contributed by atoms with E-state index in [1.54, 1.807) is 42.5 Å². The van der Waals surface area contributed by atoms with Gasteiger partial charge in [-0.3, -0.25) is 18.7 Å². The SMILES string of the molecule is COc1ccc(NC(=O)Cn2c(=O)n(C)c(=O)c3ccccc32)cc1OC. The first kappa shape index (κ1) is 18.2. The molecule has 1 heterocycles. The van der Waals surface area contributed by atoms with Gasteiger partial charge in [-0.05, 0) is 24.3 Å². The van der Waals surface area contributed by atoms with Crippen molar-refractivity contribution in [2.45, 2.75) is 6.54 Å². The maximum absolute atomic E-state index is 12.5. The predicted molar refractivity (Wildman–Crippen MR) is 102 cm³/mol. The van der Waals surface area contributed by atoms with Crippen LogP contribution in [0, 0.1) is 0 Å². The molecule has 1 N–H and O–H groups in total. The van der Waals surface area contributed by atoms with Crippen LogP contribution in [0.25, 0.3) is 10.9 Å². The quantitative estimate of drug-likeness (QED) is 0.733. The number of ether oxygens (including phenoxy) is 2. The van der Waals surface area contributed by atoms with Gasteiger partial charge in [0, 0.05) is 18.8 Å². The number of nitrogens with one attached hydrogen (secondary N) is 1. The highest BCUT2D eigenvalue weighted by atomic mass is 16.5. The number of fused-ring (bicyclic) bond motifs is 1. The normalized spacial score (nSPS) is 10.6. The second-order valence-electron chi connectivity index (χ2n) is 5.87. The Hall–Kier alpha value is -3.55. The van der Waals surface area contributed by atoms with Crippen LogP contribution in [0.15, 0.2) is 52.1 Å². The first-order valence-corrected chi connectivity index (χ1v) is 8.16.